The van der Waals surface area contributed by atoms with Crippen LogP contribution in [0.25, 0.3) is 0 Å². The standard InChI is InChI=1S/C18H17ClFN3O2/c19-15-4-2-14(3-5-15)18(24)22-21-12-13-1-6-17(16(20)11-13)23-7-9-25-10-8-23/h1-6,11-12H,7-10H2,(H,22,24)/b21-12-. The number of carbonyl (C=O) groups is 1. The highest BCUT2D eigenvalue weighted by Gasteiger charge is 2.15. The van der Waals surface area contributed by atoms with Gasteiger partial charge in [-0.15, -0.1) is 0 Å². The highest BCUT2D eigenvalue weighted by atomic mass is 35.5. The van der Waals surface area contributed by atoms with Crippen molar-refractivity contribution in [3.8, 4) is 0 Å². The summed E-state index contributed by atoms with van der Waals surface area (Å²) in [5.74, 6) is -0.687. The number of morpholine rings is 1. The number of carbonyl (C=O) groups excluding carboxylic acids is 1. The molecule has 7 heteroatoms. The van der Waals surface area contributed by atoms with Crippen molar-refractivity contribution in [3.05, 3.63) is 64.4 Å². The molecule has 0 atom stereocenters. The van der Waals surface area contributed by atoms with Gasteiger partial charge >= 0.3 is 0 Å². The summed E-state index contributed by atoms with van der Waals surface area (Å²) in [5.41, 5.74) is 3.95. The Morgan fingerprint density at radius 1 is 1.20 bits per heavy atom. The number of hydrogen-bond acceptors (Lipinski definition) is 4. The zero-order valence-corrected chi connectivity index (χ0v) is 14.2. The van der Waals surface area contributed by atoms with Crippen LogP contribution in [0.15, 0.2) is 47.6 Å². The number of hydrazone groups is 1. The normalized spacial score (nSPS) is 14.7. The van der Waals surface area contributed by atoms with Crippen LogP contribution < -0.4 is 10.3 Å². The van der Waals surface area contributed by atoms with E-state index < -0.39 is 0 Å². The van der Waals surface area contributed by atoms with Crippen molar-refractivity contribution in [3.63, 3.8) is 0 Å². The summed E-state index contributed by atoms with van der Waals surface area (Å²) < 4.78 is 19.5. The zero-order valence-electron chi connectivity index (χ0n) is 13.4. The van der Waals surface area contributed by atoms with E-state index in [2.05, 4.69) is 10.5 Å². The monoisotopic (exact) mass is 361 g/mol. The van der Waals surface area contributed by atoms with Crippen LogP contribution in [0.4, 0.5) is 10.1 Å². The van der Waals surface area contributed by atoms with Crippen molar-refractivity contribution < 1.29 is 13.9 Å². The molecule has 1 fully saturated rings. The Morgan fingerprint density at radius 2 is 1.92 bits per heavy atom. The van der Waals surface area contributed by atoms with Gasteiger partial charge in [0, 0.05) is 23.7 Å². The minimum absolute atomic E-state index is 0.324. The fourth-order valence-electron chi connectivity index (χ4n) is 2.50. The van der Waals surface area contributed by atoms with Crippen LogP contribution >= 0.6 is 11.6 Å². The lowest BCUT2D eigenvalue weighted by Crippen LogP contribution is -2.36. The topological polar surface area (TPSA) is 53.9 Å². The van der Waals surface area contributed by atoms with Crippen LogP contribution in [0.3, 0.4) is 0 Å². The predicted molar refractivity (Wildman–Crippen MR) is 95.9 cm³/mol. The van der Waals surface area contributed by atoms with Crippen molar-refractivity contribution >= 4 is 29.4 Å². The molecular weight excluding hydrogens is 345 g/mol. The van der Waals surface area contributed by atoms with Crippen LogP contribution in [-0.2, 0) is 4.74 Å². The third-order valence-corrected chi connectivity index (χ3v) is 4.06. The van der Waals surface area contributed by atoms with Gasteiger partial charge in [-0.3, -0.25) is 4.79 Å². The molecule has 3 rings (SSSR count). The number of benzene rings is 2. The van der Waals surface area contributed by atoms with Gasteiger partial charge in [0.05, 0.1) is 25.1 Å². The number of ether oxygens (including phenoxy) is 1. The average molecular weight is 362 g/mol. The molecular formula is C18H17ClFN3O2. The van der Waals surface area contributed by atoms with E-state index in [1.54, 1.807) is 36.4 Å². The third-order valence-electron chi connectivity index (χ3n) is 3.81. The average Bonchev–Trinajstić information content (AvgIpc) is 2.63. The quantitative estimate of drug-likeness (QED) is 0.672. The molecule has 0 radical (unpaired) electrons. The second-order valence-electron chi connectivity index (χ2n) is 5.52. The maximum atomic E-state index is 14.3. The lowest BCUT2D eigenvalue weighted by atomic mass is 10.2. The smallest absolute Gasteiger partial charge is 0.271 e. The van der Waals surface area contributed by atoms with Gasteiger partial charge in [-0.05, 0) is 42.0 Å². The maximum Gasteiger partial charge on any atom is 0.271 e. The number of anilines is 1. The van der Waals surface area contributed by atoms with E-state index >= 15 is 0 Å². The molecule has 0 aromatic heterocycles. The summed E-state index contributed by atoms with van der Waals surface area (Å²) in [4.78, 5) is 13.9. The molecule has 1 amide bonds. The summed E-state index contributed by atoms with van der Waals surface area (Å²) in [6, 6.07) is 11.3. The van der Waals surface area contributed by atoms with Gasteiger partial charge in [-0.2, -0.15) is 5.10 Å². The Hall–Kier alpha value is -2.44. The highest BCUT2D eigenvalue weighted by molar-refractivity contribution is 6.30. The lowest BCUT2D eigenvalue weighted by molar-refractivity contribution is 0.0955. The van der Waals surface area contributed by atoms with Crippen LogP contribution in [0, 0.1) is 5.82 Å². The SMILES string of the molecule is O=C(N/N=C\c1ccc(N2CCOCC2)c(F)c1)c1ccc(Cl)cc1. The summed E-state index contributed by atoms with van der Waals surface area (Å²) in [5, 5.41) is 4.42. The van der Waals surface area contributed by atoms with Crippen molar-refractivity contribution in [2.75, 3.05) is 31.2 Å². The minimum atomic E-state index is -0.363. The molecule has 1 saturated heterocycles. The van der Waals surface area contributed by atoms with Gasteiger partial charge < -0.3 is 9.64 Å². The van der Waals surface area contributed by atoms with Crippen molar-refractivity contribution in [2.45, 2.75) is 0 Å². The molecule has 1 aliphatic heterocycles. The van der Waals surface area contributed by atoms with E-state index in [1.165, 1.54) is 12.3 Å². The molecule has 0 unspecified atom stereocenters. The number of amides is 1. The molecule has 2 aromatic carbocycles. The molecule has 5 nitrogen and oxygen atoms in total. The second kappa shape index (κ2) is 8.09. The van der Waals surface area contributed by atoms with Crippen molar-refractivity contribution in [1.29, 1.82) is 0 Å². The second-order valence-corrected chi connectivity index (χ2v) is 5.95. The Bertz CT molecular complexity index is 774. The van der Waals surface area contributed by atoms with E-state index in [1.807, 2.05) is 4.90 Å². The van der Waals surface area contributed by atoms with Gasteiger partial charge in [0.2, 0.25) is 0 Å². The number of nitrogens with zero attached hydrogens (tertiary/aromatic N) is 2. The number of hydrogen-bond donors (Lipinski definition) is 1. The first-order valence-electron chi connectivity index (χ1n) is 7.85. The van der Waals surface area contributed by atoms with Crippen molar-refractivity contribution in [1.82, 2.24) is 5.43 Å². The third kappa shape index (κ3) is 4.55. The lowest BCUT2D eigenvalue weighted by Gasteiger charge is -2.29. The number of nitrogens with one attached hydrogen (secondary N) is 1. The van der Waals surface area contributed by atoms with Gasteiger partial charge in [-0.1, -0.05) is 17.7 Å². The fourth-order valence-corrected chi connectivity index (χ4v) is 2.62. The number of halogens is 2. The molecule has 1 aliphatic rings. The minimum Gasteiger partial charge on any atom is -0.378 e. The fraction of sp³-hybridized carbons (Fsp3) is 0.222. The molecule has 2 aromatic rings. The van der Waals surface area contributed by atoms with Crippen molar-refractivity contribution in [2.24, 2.45) is 5.10 Å². The van der Waals surface area contributed by atoms with Crippen LogP contribution in [0.5, 0.6) is 0 Å². The Kier molecular flexibility index (Phi) is 5.63. The van der Waals surface area contributed by atoms with Crippen LogP contribution in [0.2, 0.25) is 5.02 Å². The first-order valence-corrected chi connectivity index (χ1v) is 8.22. The highest BCUT2D eigenvalue weighted by Crippen LogP contribution is 2.21. The van der Waals surface area contributed by atoms with E-state index in [9.17, 15) is 9.18 Å². The number of rotatable bonds is 4. The first kappa shape index (κ1) is 17.4. The Balaban J connectivity index is 1.62. The molecule has 0 bridgehead atoms. The Morgan fingerprint density at radius 3 is 2.60 bits per heavy atom. The molecule has 1 heterocycles. The van der Waals surface area contributed by atoms with Gasteiger partial charge in [-0.25, -0.2) is 9.82 Å². The molecule has 0 spiro atoms. The van der Waals surface area contributed by atoms with E-state index in [0.717, 1.165) is 0 Å². The van der Waals surface area contributed by atoms with E-state index in [-0.39, 0.29) is 11.7 Å². The largest absolute Gasteiger partial charge is 0.378 e. The Labute approximate surface area is 150 Å². The summed E-state index contributed by atoms with van der Waals surface area (Å²) in [7, 11) is 0. The van der Waals surface area contributed by atoms with E-state index in [4.69, 9.17) is 16.3 Å². The molecule has 130 valence electrons. The van der Waals surface area contributed by atoms with Crippen LogP contribution in [0.1, 0.15) is 15.9 Å². The zero-order chi connectivity index (χ0) is 17.6. The molecule has 0 aliphatic carbocycles. The molecule has 1 N–H and O–H groups in total. The van der Waals surface area contributed by atoms with Gasteiger partial charge in [0.25, 0.3) is 5.91 Å². The molecule has 0 saturated carbocycles. The van der Waals surface area contributed by atoms with Crippen LogP contribution in [-0.4, -0.2) is 38.4 Å². The van der Waals surface area contributed by atoms with Gasteiger partial charge in [0.15, 0.2) is 0 Å². The summed E-state index contributed by atoms with van der Waals surface area (Å²) in [6.45, 7) is 2.53. The van der Waals surface area contributed by atoms with E-state index in [0.29, 0.717) is 48.1 Å². The summed E-state index contributed by atoms with van der Waals surface area (Å²) >= 11 is 5.78. The summed E-state index contributed by atoms with van der Waals surface area (Å²) in [6.07, 6.45) is 1.40. The van der Waals surface area contributed by atoms with Gasteiger partial charge in [0.1, 0.15) is 5.82 Å². The molecule has 25 heavy (non-hydrogen) atoms. The predicted octanol–water partition coefficient (Wildman–Crippen LogP) is 3.08. The maximum absolute atomic E-state index is 14.3. The first-order chi connectivity index (χ1) is 12.1.